The lowest BCUT2D eigenvalue weighted by molar-refractivity contribution is -0.274. The molecule has 0 bridgehead atoms. The summed E-state index contributed by atoms with van der Waals surface area (Å²) in [6, 6.07) is 12.6. The Morgan fingerprint density at radius 2 is 1.61 bits per heavy atom. The first-order valence-corrected chi connectivity index (χ1v) is 14.1. The molecule has 3 rings (SSSR count). The van der Waals surface area contributed by atoms with Gasteiger partial charge in [0.15, 0.2) is 0 Å². The third-order valence-corrected chi connectivity index (χ3v) is 8.49. The Hall–Kier alpha value is -1.77. The van der Waals surface area contributed by atoms with Crippen molar-refractivity contribution in [2.45, 2.75) is 38.2 Å². The highest BCUT2D eigenvalue weighted by molar-refractivity contribution is 8.09. The molecule has 2 aromatic rings. The molecular formula is C21H28Cl2F3N3O5S2. The van der Waals surface area contributed by atoms with Crippen molar-refractivity contribution >= 4 is 50.5 Å². The fourth-order valence-corrected chi connectivity index (χ4v) is 6.96. The maximum atomic E-state index is 13.0. The highest BCUT2D eigenvalue weighted by atomic mass is 35.5. The van der Waals surface area contributed by atoms with E-state index in [1.165, 1.54) is 0 Å². The van der Waals surface area contributed by atoms with Gasteiger partial charge in [0.2, 0.25) is 20.0 Å². The summed E-state index contributed by atoms with van der Waals surface area (Å²) in [5.41, 5.74) is 3.81. The number of benzene rings is 2. The molecule has 1 heterocycles. The third-order valence-electron chi connectivity index (χ3n) is 5.24. The molecule has 2 aromatic carbocycles. The topological polar surface area (TPSA) is 96.0 Å². The van der Waals surface area contributed by atoms with Gasteiger partial charge in [0.05, 0.1) is 18.2 Å². The monoisotopic (exact) mass is 593 g/mol. The molecule has 8 nitrogen and oxygen atoms in total. The zero-order valence-electron chi connectivity index (χ0n) is 19.4. The predicted octanol–water partition coefficient (Wildman–Crippen LogP) is 4.39. The molecule has 0 saturated carbocycles. The molecule has 15 heteroatoms. The molecule has 0 radical (unpaired) electrons. The number of alkyl halides is 3. The molecule has 1 aliphatic heterocycles. The van der Waals surface area contributed by atoms with Gasteiger partial charge in [-0.25, -0.2) is 21.8 Å². The van der Waals surface area contributed by atoms with Crippen LogP contribution in [0.3, 0.4) is 0 Å². The molecule has 1 saturated heterocycles. The maximum Gasteiger partial charge on any atom is 0.573 e. The maximum absolute atomic E-state index is 13.0. The van der Waals surface area contributed by atoms with Crippen LogP contribution in [-0.4, -0.2) is 47.3 Å². The van der Waals surface area contributed by atoms with Crippen LogP contribution in [-0.2, 0) is 26.6 Å². The van der Waals surface area contributed by atoms with Crippen LogP contribution in [0.5, 0.6) is 5.75 Å². The smallest absolute Gasteiger partial charge is 0.405 e. The Balaban J connectivity index is 0.00000324. The Kier molecular flexibility index (Phi) is 11.3. The van der Waals surface area contributed by atoms with E-state index in [4.69, 9.17) is 0 Å². The van der Waals surface area contributed by atoms with Crippen LogP contribution in [0.1, 0.15) is 36.4 Å². The van der Waals surface area contributed by atoms with Gasteiger partial charge in [-0.3, -0.25) is 5.43 Å². The number of rotatable bonds is 8. The van der Waals surface area contributed by atoms with Gasteiger partial charge in [-0.1, -0.05) is 36.8 Å². The first kappa shape index (κ1) is 32.3. The number of halogens is 5. The first-order chi connectivity index (χ1) is 15.8. The molecule has 1 unspecified atom stereocenters. The van der Waals surface area contributed by atoms with Crippen LogP contribution < -0.4 is 13.9 Å². The Bertz CT molecular complexity index is 1190. The fourth-order valence-electron chi connectivity index (χ4n) is 4.00. The number of hydrogen-bond acceptors (Lipinski definition) is 7. The van der Waals surface area contributed by atoms with Crippen molar-refractivity contribution < 1.29 is 34.7 Å². The standard InChI is InChI=1S/C21H26F3N3O5S2.2ClH/c1-33(28,29)27(34(2,30)31)18-11-12-20(32-21(22,23)24)17(14-18)15-25-26-13-7-6-10-19(26)16-8-4-3-5-9-16;;/h3-5,8-9,11-12,14,19,25H,6-7,10,13,15H2,1-2H3;2*1H. The van der Waals surface area contributed by atoms with Crippen molar-refractivity contribution in [2.24, 2.45) is 0 Å². The van der Waals surface area contributed by atoms with Crippen LogP contribution >= 0.6 is 24.8 Å². The van der Waals surface area contributed by atoms with Crippen molar-refractivity contribution in [1.29, 1.82) is 0 Å². The zero-order valence-corrected chi connectivity index (χ0v) is 22.7. The summed E-state index contributed by atoms with van der Waals surface area (Å²) in [5, 5.41) is 1.92. The summed E-state index contributed by atoms with van der Waals surface area (Å²) in [7, 11) is -8.54. The van der Waals surface area contributed by atoms with Gasteiger partial charge in [-0.15, -0.1) is 38.0 Å². The highest BCUT2D eigenvalue weighted by Crippen LogP contribution is 2.33. The number of hydrogen-bond donors (Lipinski definition) is 1. The van der Waals surface area contributed by atoms with Gasteiger partial charge in [-0.05, 0) is 36.6 Å². The van der Waals surface area contributed by atoms with Gasteiger partial charge in [-0.2, -0.15) is 3.71 Å². The Morgan fingerprint density at radius 3 is 2.17 bits per heavy atom. The second-order valence-corrected chi connectivity index (χ2v) is 11.9. The lowest BCUT2D eigenvalue weighted by Gasteiger charge is -2.36. The van der Waals surface area contributed by atoms with Crippen LogP contribution in [0.25, 0.3) is 0 Å². The van der Waals surface area contributed by atoms with E-state index in [9.17, 15) is 30.0 Å². The van der Waals surface area contributed by atoms with Crippen molar-refractivity contribution in [2.75, 3.05) is 22.8 Å². The summed E-state index contributed by atoms with van der Waals surface area (Å²) in [6.07, 6.45) is -0.861. The molecule has 1 N–H and O–H groups in total. The molecule has 0 aliphatic carbocycles. The fraction of sp³-hybridized carbons (Fsp3) is 0.429. The molecule has 204 valence electrons. The number of sulfonamides is 2. The number of anilines is 1. The third kappa shape index (κ3) is 8.67. The van der Waals surface area contributed by atoms with E-state index in [2.05, 4.69) is 10.2 Å². The largest absolute Gasteiger partial charge is 0.573 e. The van der Waals surface area contributed by atoms with Crippen LogP contribution in [0.4, 0.5) is 18.9 Å². The van der Waals surface area contributed by atoms with E-state index in [0.717, 1.165) is 43.0 Å². The number of piperidine rings is 1. The molecule has 1 fully saturated rings. The van der Waals surface area contributed by atoms with Gasteiger partial charge in [0.25, 0.3) is 0 Å². The van der Waals surface area contributed by atoms with Crippen molar-refractivity contribution in [3.8, 4) is 5.75 Å². The number of hydrazine groups is 1. The van der Waals surface area contributed by atoms with E-state index >= 15 is 0 Å². The second kappa shape index (κ2) is 12.7. The van der Waals surface area contributed by atoms with Crippen molar-refractivity contribution in [1.82, 2.24) is 10.4 Å². The van der Waals surface area contributed by atoms with Gasteiger partial charge < -0.3 is 4.74 Å². The SMILES string of the molecule is CS(=O)(=O)N(c1ccc(OC(F)(F)F)c(CNN2CCCCC2c2ccccc2)c1)S(C)(=O)=O.Cl.Cl. The minimum Gasteiger partial charge on any atom is -0.405 e. The van der Waals surface area contributed by atoms with E-state index in [1.807, 2.05) is 35.3 Å². The number of nitrogens with zero attached hydrogens (tertiary/aromatic N) is 2. The average molecular weight is 595 g/mol. The van der Waals surface area contributed by atoms with Crippen LogP contribution in [0.15, 0.2) is 48.5 Å². The Morgan fingerprint density at radius 1 is 1.00 bits per heavy atom. The second-order valence-electron chi connectivity index (χ2n) is 8.01. The molecule has 0 amide bonds. The summed E-state index contributed by atoms with van der Waals surface area (Å²) >= 11 is 0. The summed E-state index contributed by atoms with van der Waals surface area (Å²) in [5.74, 6) is -0.557. The molecule has 1 aliphatic rings. The Labute approximate surface area is 221 Å². The van der Waals surface area contributed by atoms with Gasteiger partial charge in [0, 0.05) is 24.7 Å². The first-order valence-electron chi connectivity index (χ1n) is 10.4. The molecule has 1 atom stereocenters. The summed E-state index contributed by atoms with van der Waals surface area (Å²) in [6.45, 7) is 0.497. The average Bonchev–Trinajstić information content (AvgIpc) is 2.71. The lowest BCUT2D eigenvalue weighted by Crippen LogP contribution is -2.43. The van der Waals surface area contributed by atoms with Gasteiger partial charge >= 0.3 is 6.36 Å². The molecule has 0 aromatic heterocycles. The van der Waals surface area contributed by atoms with E-state index in [1.54, 1.807) is 0 Å². The molecule has 0 spiro atoms. The summed E-state index contributed by atoms with van der Waals surface area (Å²) in [4.78, 5) is 0. The van der Waals surface area contributed by atoms with Crippen molar-refractivity contribution in [3.05, 3.63) is 59.7 Å². The number of ether oxygens (including phenoxy) is 1. The highest BCUT2D eigenvalue weighted by Gasteiger charge is 2.34. The normalized spacial score (nSPS) is 17.0. The minimum atomic E-state index is -4.98. The molecular weight excluding hydrogens is 566 g/mol. The quantitative estimate of drug-likeness (QED) is 0.485. The van der Waals surface area contributed by atoms with E-state index < -0.39 is 32.2 Å². The van der Waals surface area contributed by atoms with Gasteiger partial charge in [0.1, 0.15) is 5.75 Å². The zero-order chi connectivity index (χ0) is 25.1. The van der Waals surface area contributed by atoms with Crippen LogP contribution in [0.2, 0.25) is 0 Å². The minimum absolute atomic E-state index is 0. The lowest BCUT2D eigenvalue weighted by atomic mass is 9.97. The predicted molar refractivity (Wildman–Crippen MR) is 136 cm³/mol. The van der Waals surface area contributed by atoms with Crippen molar-refractivity contribution in [3.63, 3.8) is 0 Å². The summed E-state index contributed by atoms with van der Waals surface area (Å²) < 4.78 is 91.7. The van der Waals surface area contributed by atoms with E-state index in [0.29, 0.717) is 19.1 Å². The van der Waals surface area contributed by atoms with E-state index in [-0.39, 0.29) is 52.4 Å². The number of nitrogens with one attached hydrogen (secondary N) is 1. The van der Waals surface area contributed by atoms with Crippen LogP contribution in [0, 0.1) is 0 Å². The molecule has 36 heavy (non-hydrogen) atoms.